The summed E-state index contributed by atoms with van der Waals surface area (Å²) in [7, 11) is 0. The number of halogens is 1. The Kier molecular flexibility index (Phi) is 7.14. The van der Waals surface area contributed by atoms with Gasteiger partial charge in [-0.3, -0.25) is 9.69 Å². The van der Waals surface area contributed by atoms with E-state index in [1.165, 1.54) is 5.56 Å². The van der Waals surface area contributed by atoms with Gasteiger partial charge in [0.2, 0.25) is 0 Å². The number of amides is 1. The van der Waals surface area contributed by atoms with Gasteiger partial charge in [0.25, 0.3) is 5.91 Å². The molecule has 0 bridgehead atoms. The highest BCUT2D eigenvalue weighted by Crippen LogP contribution is 2.28. The third kappa shape index (κ3) is 5.54. The van der Waals surface area contributed by atoms with E-state index in [1.807, 2.05) is 35.2 Å². The minimum absolute atomic E-state index is 0.145. The van der Waals surface area contributed by atoms with Crippen LogP contribution in [0.1, 0.15) is 28.8 Å². The fourth-order valence-electron chi connectivity index (χ4n) is 3.86. The van der Waals surface area contributed by atoms with Gasteiger partial charge in [0, 0.05) is 55.0 Å². The van der Waals surface area contributed by atoms with Crippen LogP contribution in [0.15, 0.2) is 53.4 Å². The summed E-state index contributed by atoms with van der Waals surface area (Å²) in [5.41, 5.74) is 2.08. The quantitative estimate of drug-likeness (QED) is 0.628. The first kappa shape index (κ1) is 20.7. The predicted octanol–water partition coefficient (Wildman–Crippen LogP) is 4.57. The van der Waals surface area contributed by atoms with Gasteiger partial charge in [0.1, 0.15) is 0 Å². The molecule has 1 unspecified atom stereocenters. The summed E-state index contributed by atoms with van der Waals surface area (Å²) in [6.07, 6.45) is 2.59. The van der Waals surface area contributed by atoms with Crippen molar-refractivity contribution in [3.8, 4) is 0 Å². The zero-order valence-corrected chi connectivity index (χ0v) is 18.1. The summed E-state index contributed by atoms with van der Waals surface area (Å²) >= 11 is 7.72. The molecule has 0 radical (unpaired) electrons. The van der Waals surface area contributed by atoms with Crippen molar-refractivity contribution in [1.82, 2.24) is 9.80 Å². The highest BCUT2D eigenvalue weighted by Gasteiger charge is 2.24. The molecule has 0 N–H and O–H groups in total. The van der Waals surface area contributed by atoms with Crippen LogP contribution in [0.5, 0.6) is 0 Å². The number of hydrogen-bond donors (Lipinski definition) is 0. The molecule has 154 valence electrons. The standard InChI is InChI=1S/C23H27ClN2O2S/c24-19-9-7-18(8-10-19)16-25-11-13-26(14-12-25)23(27)21-5-1-2-6-22(21)29-17-20-4-3-15-28-20/h1-2,5-10,20H,3-4,11-17H2. The number of carbonyl (C=O) groups is 1. The first-order chi connectivity index (χ1) is 14.2. The Morgan fingerprint density at radius 2 is 1.83 bits per heavy atom. The molecule has 0 spiro atoms. The van der Waals surface area contributed by atoms with E-state index < -0.39 is 0 Å². The fourth-order valence-corrected chi connectivity index (χ4v) is 5.10. The monoisotopic (exact) mass is 430 g/mol. The van der Waals surface area contributed by atoms with E-state index in [-0.39, 0.29) is 5.91 Å². The van der Waals surface area contributed by atoms with Crippen molar-refractivity contribution in [2.75, 3.05) is 38.5 Å². The molecule has 1 atom stereocenters. The van der Waals surface area contributed by atoms with E-state index in [9.17, 15) is 4.79 Å². The second-order valence-corrected chi connectivity index (χ2v) is 9.14. The van der Waals surface area contributed by atoms with E-state index in [4.69, 9.17) is 16.3 Å². The molecule has 0 aromatic heterocycles. The molecule has 2 fully saturated rings. The molecule has 2 heterocycles. The van der Waals surface area contributed by atoms with Crippen LogP contribution < -0.4 is 0 Å². The van der Waals surface area contributed by atoms with Crippen LogP contribution in [0.2, 0.25) is 5.02 Å². The maximum atomic E-state index is 13.2. The summed E-state index contributed by atoms with van der Waals surface area (Å²) in [6.45, 7) is 5.06. The van der Waals surface area contributed by atoms with Gasteiger partial charge in [-0.2, -0.15) is 0 Å². The second-order valence-electron chi connectivity index (χ2n) is 7.64. The molecule has 2 aliphatic rings. The molecule has 4 nitrogen and oxygen atoms in total. The lowest BCUT2D eigenvalue weighted by atomic mass is 10.1. The van der Waals surface area contributed by atoms with Crippen LogP contribution in [0.3, 0.4) is 0 Å². The van der Waals surface area contributed by atoms with E-state index in [0.717, 1.165) is 73.4 Å². The van der Waals surface area contributed by atoms with Gasteiger partial charge in [-0.25, -0.2) is 0 Å². The first-order valence-corrected chi connectivity index (χ1v) is 11.6. The summed E-state index contributed by atoms with van der Waals surface area (Å²) in [4.78, 5) is 18.6. The third-order valence-electron chi connectivity index (χ3n) is 5.55. The average molecular weight is 431 g/mol. The fraction of sp³-hybridized carbons (Fsp3) is 0.435. The molecule has 2 aliphatic heterocycles. The highest BCUT2D eigenvalue weighted by molar-refractivity contribution is 7.99. The van der Waals surface area contributed by atoms with E-state index in [2.05, 4.69) is 23.1 Å². The zero-order chi connectivity index (χ0) is 20.1. The number of nitrogens with zero attached hydrogens (tertiary/aromatic N) is 2. The van der Waals surface area contributed by atoms with Crippen molar-refractivity contribution in [1.29, 1.82) is 0 Å². The number of piperazine rings is 1. The van der Waals surface area contributed by atoms with Crippen molar-refractivity contribution >= 4 is 29.3 Å². The van der Waals surface area contributed by atoms with Crippen molar-refractivity contribution < 1.29 is 9.53 Å². The summed E-state index contributed by atoms with van der Waals surface area (Å²) < 4.78 is 5.73. The minimum atomic E-state index is 0.145. The van der Waals surface area contributed by atoms with Crippen LogP contribution in [-0.4, -0.2) is 60.3 Å². The van der Waals surface area contributed by atoms with Crippen LogP contribution in [0, 0.1) is 0 Å². The molecule has 2 saturated heterocycles. The number of ether oxygens (including phenoxy) is 1. The van der Waals surface area contributed by atoms with Crippen LogP contribution in [0.25, 0.3) is 0 Å². The molecule has 1 amide bonds. The number of hydrogen-bond acceptors (Lipinski definition) is 4. The molecular formula is C23H27ClN2O2S. The highest BCUT2D eigenvalue weighted by atomic mass is 35.5. The largest absolute Gasteiger partial charge is 0.377 e. The van der Waals surface area contributed by atoms with E-state index in [0.29, 0.717) is 6.10 Å². The van der Waals surface area contributed by atoms with Crippen molar-refractivity contribution in [3.63, 3.8) is 0 Å². The van der Waals surface area contributed by atoms with Gasteiger partial charge in [-0.15, -0.1) is 11.8 Å². The second kappa shape index (κ2) is 9.98. The van der Waals surface area contributed by atoms with Crippen LogP contribution in [0.4, 0.5) is 0 Å². The van der Waals surface area contributed by atoms with Gasteiger partial charge in [0.05, 0.1) is 11.7 Å². The lowest BCUT2D eigenvalue weighted by molar-refractivity contribution is 0.0625. The van der Waals surface area contributed by atoms with Crippen molar-refractivity contribution in [2.45, 2.75) is 30.4 Å². The lowest BCUT2D eigenvalue weighted by Gasteiger charge is -2.35. The van der Waals surface area contributed by atoms with Gasteiger partial charge in [0.15, 0.2) is 0 Å². The van der Waals surface area contributed by atoms with Crippen LogP contribution >= 0.6 is 23.4 Å². The third-order valence-corrected chi connectivity index (χ3v) is 7.00. The SMILES string of the molecule is O=C(c1ccccc1SCC1CCCO1)N1CCN(Cc2ccc(Cl)cc2)CC1. The number of rotatable bonds is 6. The number of benzene rings is 2. The van der Waals surface area contributed by atoms with Crippen molar-refractivity contribution in [3.05, 3.63) is 64.7 Å². The normalized spacial score (nSPS) is 20.2. The van der Waals surface area contributed by atoms with Gasteiger partial charge in [-0.1, -0.05) is 35.9 Å². The Balaban J connectivity index is 1.32. The van der Waals surface area contributed by atoms with Crippen molar-refractivity contribution in [2.24, 2.45) is 0 Å². The molecule has 2 aromatic carbocycles. The Morgan fingerprint density at radius 1 is 1.07 bits per heavy atom. The Bertz CT molecular complexity index is 816. The zero-order valence-electron chi connectivity index (χ0n) is 16.6. The first-order valence-electron chi connectivity index (χ1n) is 10.3. The average Bonchev–Trinajstić information content (AvgIpc) is 3.28. The summed E-state index contributed by atoms with van der Waals surface area (Å²) in [5.74, 6) is 1.06. The lowest BCUT2D eigenvalue weighted by Crippen LogP contribution is -2.48. The van der Waals surface area contributed by atoms with Crippen LogP contribution in [-0.2, 0) is 11.3 Å². The maximum absolute atomic E-state index is 13.2. The molecule has 4 rings (SSSR count). The van der Waals surface area contributed by atoms with Gasteiger partial charge in [-0.05, 0) is 42.7 Å². The van der Waals surface area contributed by atoms with E-state index >= 15 is 0 Å². The number of thioether (sulfide) groups is 1. The molecule has 0 aliphatic carbocycles. The summed E-state index contributed by atoms with van der Waals surface area (Å²) in [5, 5.41) is 0.764. The van der Waals surface area contributed by atoms with E-state index in [1.54, 1.807) is 11.8 Å². The smallest absolute Gasteiger partial charge is 0.255 e. The Labute approximate surface area is 182 Å². The molecular weight excluding hydrogens is 404 g/mol. The molecule has 29 heavy (non-hydrogen) atoms. The maximum Gasteiger partial charge on any atom is 0.255 e. The Hall–Kier alpha value is -1.53. The predicted molar refractivity (Wildman–Crippen MR) is 119 cm³/mol. The Morgan fingerprint density at radius 3 is 2.55 bits per heavy atom. The summed E-state index contributed by atoms with van der Waals surface area (Å²) in [6, 6.07) is 16.0. The minimum Gasteiger partial charge on any atom is -0.377 e. The molecule has 0 saturated carbocycles. The number of carbonyl (C=O) groups excluding carboxylic acids is 1. The van der Waals surface area contributed by atoms with Gasteiger partial charge >= 0.3 is 0 Å². The van der Waals surface area contributed by atoms with Gasteiger partial charge < -0.3 is 9.64 Å². The topological polar surface area (TPSA) is 32.8 Å². The molecule has 2 aromatic rings. The molecule has 6 heteroatoms.